The summed E-state index contributed by atoms with van der Waals surface area (Å²) in [5, 5.41) is 3.25. The maximum Gasteiger partial charge on any atom is 0.251 e. The molecule has 0 unspecified atom stereocenters. The van der Waals surface area contributed by atoms with Gasteiger partial charge in [0.2, 0.25) is 10.0 Å². The number of amides is 1. The molecule has 8 heteroatoms. The Morgan fingerprint density at radius 1 is 1.12 bits per heavy atom. The van der Waals surface area contributed by atoms with Crippen LogP contribution in [-0.4, -0.2) is 40.3 Å². The Balaban J connectivity index is 2.02. The highest BCUT2D eigenvalue weighted by atomic mass is 35.5. The van der Waals surface area contributed by atoms with Gasteiger partial charge in [-0.05, 0) is 55.5 Å². The van der Waals surface area contributed by atoms with Crippen molar-refractivity contribution in [1.82, 2.24) is 5.32 Å². The fourth-order valence-electron chi connectivity index (χ4n) is 2.34. The molecule has 0 aliphatic carbocycles. The molecule has 0 fully saturated rings. The van der Waals surface area contributed by atoms with Gasteiger partial charge in [-0.2, -0.15) is 0 Å². The molecule has 2 aromatic rings. The molecule has 0 spiro atoms. The molecule has 0 aliphatic heterocycles. The van der Waals surface area contributed by atoms with Gasteiger partial charge in [0.05, 0.1) is 25.1 Å². The Morgan fingerprint density at radius 2 is 1.73 bits per heavy atom. The molecular weight excluding hydrogens is 376 g/mol. The standard InChI is InChI=1S/C18H21ClN2O4S/c1-3-25-17-10-8-16(9-11-17)21(26(2,23)24)13-12-20-18(22)14-4-6-15(19)7-5-14/h4-11H,3,12-13H2,1-2H3,(H,20,22). The maximum atomic E-state index is 12.1. The van der Waals surface area contributed by atoms with E-state index in [1.165, 1.54) is 4.31 Å². The number of carbonyl (C=O) groups excluding carboxylic acids is 1. The van der Waals surface area contributed by atoms with Crippen LogP contribution in [-0.2, 0) is 10.0 Å². The van der Waals surface area contributed by atoms with Gasteiger partial charge in [0.25, 0.3) is 5.91 Å². The van der Waals surface area contributed by atoms with Gasteiger partial charge in [0, 0.05) is 17.1 Å². The Hall–Kier alpha value is -2.25. The fraction of sp³-hybridized carbons (Fsp3) is 0.278. The minimum Gasteiger partial charge on any atom is -0.494 e. The molecule has 2 aromatic carbocycles. The number of sulfonamides is 1. The van der Waals surface area contributed by atoms with Crippen molar-refractivity contribution >= 4 is 33.2 Å². The number of carbonyl (C=O) groups is 1. The van der Waals surface area contributed by atoms with E-state index in [0.717, 1.165) is 6.26 Å². The predicted octanol–water partition coefficient (Wildman–Crippen LogP) is 2.93. The number of hydrogen-bond acceptors (Lipinski definition) is 4. The summed E-state index contributed by atoms with van der Waals surface area (Å²) in [6, 6.07) is 13.2. The van der Waals surface area contributed by atoms with Gasteiger partial charge in [-0.3, -0.25) is 9.10 Å². The minimum absolute atomic E-state index is 0.117. The molecule has 1 N–H and O–H groups in total. The summed E-state index contributed by atoms with van der Waals surface area (Å²) >= 11 is 5.80. The Bertz CT molecular complexity index is 836. The molecule has 0 aromatic heterocycles. The Morgan fingerprint density at radius 3 is 2.27 bits per heavy atom. The second-order valence-corrected chi connectivity index (χ2v) is 7.87. The Labute approximate surface area is 158 Å². The first-order chi connectivity index (χ1) is 12.3. The van der Waals surface area contributed by atoms with E-state index in [9.17, 15) is 13.2 Å². The zero-order valence-corrected chi connectivity index (χ0v) is 16.2. The second-order valence-electron chi connectivity index (χ2n) is 5.52. The van der Waals surface area contributed by atoms with Crippen molar-refractivity contribution in [3.05, 3.63) is 59.1 Å². The second kappa shape index (κ2) is 8.91. The number of anilines is 1. The number of halogens is 1. The van der Waals surface area contributed by atoms with Crippen molar-refractivity contribution in [2.75, 3.05) is 30.3 Å². The molecule has 0 aliphatic rings. The smallest absolute Gasteiger partial charge is 0.251 e. The van der Waals surface area contributed by atoms with Crippen LogP contribution in [0.1, 0.15) is 17.3 Å². The summed E-state index contributed by atoms with van der Waals surface area (Å²) < 4.78 is 30.8. The number of benzene rings is 2. The van der Waals surface area contributed by atoms with Crippen molar-refractivity contribution < 1.29 is 17.9 Å². The number of nitrogens with zero attached hydrogens (tertiary/aromatic N) is 1. The van der Waals surface area contributed by atoms with Gasteiger partial charge in [-0.25, -0.2) is 8.42 Å². The molecule has 0 radical (unpaired) electrons. The highest BCUT2D eigenvalue weighted by Crippen LogP contribution is 2.21. The van der Waals surface area contributed by atoms with Crippen LogP contribution in [0.5, 0.6) is 5.75 Å². The quantitative estimate of drug-likeness (QED) is 0.744. The van der Waals surface area contributed by atoms with Crippen molar-refractivity contribution in [1.29, 1.82) is 0 Å². The summed E-state index contributed by atoms with van der Waals surface area (Å²) in [6.07, 6.45) is 1.13. The van der Waals surface area contributed by atoms with Gasteiger partial charge in [-0.15, -0.1) is 0 Å². The lowest BCUT2D eigenvalue weighted by Crippen LogP contribution is -2.38. The molecule has 0 atom stereocenters. The molecule has 26 heavy (non-hydrogen) atoms. The predicted molar refractivity (Wildman–Crippen MR) is 104 cm³/mol. The molecule has 6 nitrogen and oxygen atoms in total. The van der Waals surface area contributed by atoms with Gasteiger partial charge >= 0.3 is 0 Å². The first-order valence-corrected chi connectivity index (χ1v) is 10.3. The summed E-state index contributed by atoms with van der Waals surface area (Å²) in [5.41, 5.74) is 0.970. The highest BCUT2D eigenvalue weighted by Gasteiger charge is 2.17. The van der Waals surface area contributed by atoms with E-state index >= 15 is 0 Å². The SMILES string of the molecule is CCOc1ccc(N(CCNC(=O)c2ccc(Cl)cc2)S(C)(=O)=O)cc1. The summed E-state index contributed by atoms with van der Waals surface area (Å²) in [4.78, 5) is 12.1. The van der Waals surface area contributed by atoms with Crippen molar-refractivity contribution in [3.63, 3.8) is 0 Å². The van der Waals surface area contributed by atoms with E-state index in [-0.39, 0.29) is 19.0 Å². The summed E-state index contributed by atoms with van der Waals surface area (Å²) in [7, 11) is -3.49. The number of rotatable bonds is 8. The third-order valence-electron chi connectivity index (χ3n) is 3.54. The van der Waals surface area contributed by atoms with Crippen LogP contribution in [0.3, 0.4) is 0 Å². The van der Waals surface area contributed by atoms with Crippen LogP contribution in [0.15, 0.2) is 48.5 Å². The normalized spacial score (nSPS) is 11.0. The first-order valence-electron chi connectivity index (χ1n) is 8.05. The summed E-state index contributed by atoms with van der Waals surface area (Å²) in [5.74, 6) is 0.377. The highest BCUT2D eigenvalue weighted by molar-refractivity contribution is 7.92. The minimum atomic E-state index is -3.49. The molecule has 1 amide bonds. The van der Waals surface area contributed by atoms with E-state index in [2.05, 4.69) is 5.32 Å². The van der Waals surface area contributed by atoms with Crippen molar-refractivity contribution in [2.45, 2.75) is 6.92 Å². The van der Waals surface area contributed by atoms with Crippen LogP contribution in [0.25, 0.3) is 0 Å². The van der Waals surface area contributed by atoms with Gasteiger partial charge < -0.3 is 10.1 Å². The number of ether oxygens (including phenoxy) is 1. The zero-order chi connectivity index (χ0) is 19.2. The van der Waals surface area contributed by atoms with E-state index in [0.29, 0.717) is 28.6 Å². The Kier molecular flexibility index (Phi) is 6.88. The van der Waals surface area contributed by atoms with Crippen molar-refractivity contribution in [2.24, 2.45) is 0 Å². The van der Waals surface area contributed by atoms with E-state index in [4.69, 9.17) is 16.3 Å². The van der Waals surface area contributed by atoms with Gasteiger partial charge in [-0.1, -0.05) is 11.6 Å². The molecule has 140 valence electrons. The van der Waals surface area contributed by atoms with Crippen molar-refractivity contribution in [3.8, 4) is 5.75 Å². The monoisotopic (exact) mass is 396 g/mol. The lowest BCUT2D eigenvalue weighted by molar-refractivity contribution is 0.0955. The lowest BCUT2D eigenvalue weighted by atomic mass is 10.2. The fourth-order valence-corrected chi connectivity index (χ4v) is 3.39. The zero-order valence-electron chi connectivity index (χ0n) is 14.6. The van der Waals surface area contributed by atoms with Crippen LogP contribution in [0, 0.1) is 0 Å². The van der Waals surface area contributed by atoms with Gasteiger partial charge in [0.1, 0.15) is 5.75 Å². The average molecular weight is 397 g/mol. The number of nitrogens with one attached hydrogen (secondary N) is 1. The molecule has 0 saturated heterocycles. The van der Waals surface area contributed by atoms with Crippen LogP contribution < -0.4 is 14.4 Å². The van der Waals surface area contributed by atoms with E-state index in [1.807, 2.05) is 6.92 Å². The molecular formula is C18H21ClN2O4S. The molecule has 0 heterocycles. The topological polar surface area (TPSA) is 75.7 Å². The third-order valence-corrected chi connectivity index (χ3v) is 4.99. The van der Waals surface area contributed by atoms with Crippen LogP contribution in [0.4, 0.5) is 5.69 Å². The lowest BCUT2D eigenvalue weighted by Gasteiger charge is -2.22. The first kappa shape index (κ1) is 20.1. The summed E-state index contributed by atoms with van der Waals surface area (Å²) in [6.45, 7) is 2.69. The molecule has 0 bridgehead atoms. The molecule has 2 rings (SSSR count). The maximum absolute atomic E-state index is 12.1. The number of hydrogen-bond donors (Lipinski definition) is 1. The van der Waals surface area contributed by atoms with Crippen LogP contribution >= 0.6 is 11.6 Å². The molecule has 0 saturated carbocycles. The largest absolute Gasteiger partial charge is 0.494 e. The third kappa shape index (κ3) is 5.64. The van der Waals surface area contributed by atoms with Gasteiger partial charge in [0.15, 0.2) is 0 Å². The van der Waals surface area contributed by atoms with E-state index < -0.39 is 10.0 Å². The average Bonchev–Trinajstić information content (AvgIpc) is 2.59. The van der Waals surface area contributed by atoms with Crippen LogP contribution in [0.2, 0.25) is 5.02 Å². The van der Waals surface area contributed by atoms with E-state index in [1.54, 1.807) is 48.5 Å².